The van der Waals surface area contributed by atoms with Gasteiger partial charge in [-0.05, 0) is 34.1 Å². The van der Waals surface area contributed by atoms with Crippen molar-refractivity contribution >= 4 is 5.82 Å². The summed E-state index contributed by atoms with van der Waals surface area (Å²) < 4.78 is 5.30. The van der Waals surface area contributed by atoms with Crippen molar-refractivity contribution in [2.24, 2.45) is 0 Å². The summed E-state index contributed by atoms with van der Waals surface area (Å²) in [4.78, 5) is 13.8. The second-order valence-electron chi connectivity index (χ2n) is 6.83. The van der Waals surface area contributed by atoms with Crippen LogP contribution in [-0.4, -0.2) is 45.2 Å². The van der Waals surface area contributed by atoms with E-state index >= 15 is 0 Å². The van der Waals surface area contributed by atoms with Gasteiger partial charge in [0, 0.05) is 48.5 Å². The molecule has 2 atom stereocenters. The lowest BCUT2D eigenvalue weighted by Gasteiger charge is -2.56. The standard InChI is InChI=1S/C17H23N5O/c1-10-11(2)18-9-19-17(10)21-6-14-5-15(7-21)22(14)8-16-12(3)20-23-13(16)4/h9,14-15H,5-8H2,1-4H3. The van der Waals surface area contributed by atoms with Crippen molar-refractivity contribution in [1.29, 1.82) is 0 Å². The van der Waals surface area contributed by atoms with Gasteiger partial charge in [0.1, 0.15) is 17.9 Å². The molecule has 122 valence electrons. The fourth-order valence-electron chi connectivity index (χ4n) is 3.87. The third-order valence-electron chi connectivity index (χ3n) is 5.48. The molecular formula is C17H23N5O. The number of hydrogen-bond donors (Lipinski definition) is 0. The molecule has 3 aliphatic heterocycles. The predicted molar refractivity (Wildman–Crippen MR) is 87.4 cm³/mol. The first-order chi connectivity index (χ1) is 11.0. The van der Waals surface area contributed by atoms with Crippen molar-refractivity contribution in [2.75, 3.05) is 18.0 Å². The molecule has 0 aromatic carbocycles. The van der Waals surface area contributed by atoms with Crippen LogP contribution in [-0.2, 0) is 6.54 Å². The predicted octanol–water partition coefficient (Wildman–Crippen LogP) is 2.16. The Kier molecular flexibility index (Phi) is 3.37. The minimum atomic E-state index is 0.595. The molecule has 0 aliphatic carbocycles. The second kappa shape index (κ2) is 5.30. The summed E-state index contributed by atoms with van der Waals surface area (Å²) in [5.74, 6) is 2.05. The lowest BCUT2D eigenvalue weighted by atomic mass is 9.86. The molecule has 0 radical (unpaired) electrons. The van der Waals surface area contributed by atoms with E-state index in [4.69, 9.17) is 4.52 Å². The van der Waals surface area contributed by atoms with E-state index in [-0.39, 0.29) is 0 Å². The number of aryl methyl sites for hydroxylation is 3. The fourth-order valence-corrected chi connectivity index (χ4v) is 3.87. The smallest absolute Gasteiger partial charge is 0.138 e. The zero-order chi connectivity index (χ0) is 16.1. The van der Waals surface area contributed by atoms with E-state index < -0.39 is 0 Å². The van der Waals surface area contributed by atoms with Crippen molar-refractivity contribution in [3.05, 3.63) is 34.6 Å². The van der Waals surface area contributed by atoms with Crippen molar-refractivity contribution in [1.82, 2.24) is 20.0 Å². The van der Waals surface area contributed by atoms with Gasteiger partial charge >= 0.3 is 0 Å². The van der Waals surface area contributed by atoms with Gasteiger partial charge in [0.05, 0.1) is 5.69 Å². The van der Waals surface area contributed by atoms with E-state index in [0.717, 1.165) is 42.6 Å². The van der Waals surface area contributed by atoms with Crippen LogP contribution >= 0.6 is 0 Å². The molecule has 2 bridgehead atoms. The van der Waals surface area contributed by atoms with Crippen molar-refractivity contribution < 1.29 is 4.52 Å². The Morgan fingerprint density at radius 2 is 1.83 bits per heavy atom. The highest BCUT2D eigenvalue weighted by Crippen LogP contribution is 2.36. The van der Waals surface area contributed by atoms with Gasteiger partial charge in [-0.1, -0.05) is 5.16 Å². The van der Waals surface area contributed by atoms with Crippen LogP contribution in [0.5, 0.6) is 0 Å². The molecule has 2 aromatic heterocycles. The third kappa shape index (κ3) is 2.32. The van der Waals surface area contributed by atoms with Crippen LogP contribution in [0, 0.1) is 27.7 Å². The summed E-state index contributed by atoms with van der Waals surface area (Å²) in [7, 11) is 0. The zero-order valence-corrected chi connectivity index (χ0v) is 14.2. The monoisotopic (exact) mass is 313 g/mol. The molecule has 2 unspecified atom stereocenters. The maximum atomic E-state index is 5.30. The van der Waals surface area contributed by atoms with Crippen LogP contribution in [0.3, 0.4) is 0 Å². The number of rotatable bonds is 3. The van der Waals surface area contributed by atoms with Gasteiger partial charge in [0.15, 0.2) is 0 Å². The highest BCUT2D eigenvalue weighted by atomic mass is 16.5. The van der Waals surface area contributed by atoms with Gasteiger partial charge in [-0.3, -0.25) is 4.90 Å². The first-order valence-electron chi connectivity index (χ1n) is 8.25. The highest BCUT2D eigenvalue weighted by molar-refractivity contribution is 5.49. The minimum Gasteiger partial charge on any atom is -0.361 e. The molecule has 0 saturated carbocycles. The molecule has 6 nitrogen and oxygen atoms in total. The van der Waals surface area contributed by atoms with E-state index in [1.807, 2.05) is 13.8 Å². The quantitative estimate of drug-likeness (QED) is 0.865. The van der Waals surface area contributed by atoms with Crippen LogP contribution in [0.15, 0.2) is 10.9 Å². The molecule has 0 amide bonds. The second-order valence-corrected chi connectivity index (χ2v) is 6.83. The molecule has 5 heterocycles. The van der Waals surface area contributed by atoms with Gasteiger partial charge in [0.25, 0.3) is 0 Å². The zero-order valence-electron chi connectivity index (χ0n) is 14.2. The van der Waals surface area contributed by atoms with Gasteiger partial charge in [-0.2, -0.15) is 0 Å². The molecular weight excluding hydrogens is 290 g/mol. The molecule has 23 heavy (non-hydrogen) atoms. The molecule has 6 heteroatoms. The Labute approximate surface area is 136 Å². The lowest BCUT2D eigenvalue weighted by molar-refractivity contribution is -0.00915. The average Bonchev–Trinajstić information content (AvgIpc) is 2.86. The van der Waals surface area contributed by atoms with Crippen LogP contribution < -0.4 is 4.90 Å². The van der Waals surface area contributed by atoms with Crippen LogP contribution in [0.1, 0.15) is 34.7 Å². The largest absolute Gasteiger partial charge is 0.361 e. The Bertz CT molecular complexity index is 709. The third-order valence-corrected chi connectivity index (χ3v) is 5.48. The maximum absolute atomic E-state index is 5.30. The highest BCUT2D eigenvalue weighted by Gasteiger charge is 2.45. The fraction of sp³-hybridized carbons (Fsp3) is 0.588. The molecule has 3 fully saturated rings. The van der Waals surface area contributed by atoms with E-state index in [9.17, 15) is 0 Å². The Balaban J connectivity index is 1.49. The van der Waals surface area contributed by atoms with Crippen LogP contribution in [0.2, 0.25) is 0 Å². The number of piperazine rings is 1. The van der Waals surface area contributed by atoms with Crippen molar-refractivity contribution in [3.8, 4) is 0 Å². The van der Waals surface area contributed by atoms with Gasteiger partial charge in [0.2, 0.25) is 0 Å². The lowest BCUT2D eigenvalue weighted by Crippen LogP contribution is -2.68. The molecule has 2 aromatic rings. The topological polar surface area (TPSA) is 58.3 Å². The first kappa shape index (κ1) is 14.6. The number of anilines is 1. The number of piperidine rings is 1. The van der Waals surface area contributed by atoms with Gasteiger partial charge < -0.3 is 9.42 Å². The Hall–Kier alpha value is -1.95. The molecule has 3 aliphatic rings. The van der Waals surface area contributed by atoms with Crippen molar-refractivity contribution in [2.45, 2.75) is 52.7 Å². The first-order valence-corrected chi connectivity index (χ1v) is 8.25. The van der Waals surface area contributed by atoms with Crippen molar-refractivity contribution in [3.63, 3.8) is 0 Å². The Morgan fingerprint density at radius 1 is 1.09 bits per heavy atom. The van der Waals surface area contributed by atoms with E-state index in [0.29, 0.717) is 12.1 Å². The SMILES string of the molecule is Cc1ncnc(N2CC3CC(C2)N3Cc2c(C)noc2C)c1C. The number of nitrogens with zero attached hydrogens (tertiary/aromatic N) is 5. The normalized spacial score (nSPS) is 23.9. The molecule has 0 spiro atoms. The number of aromatic nitrogens is 3. The van der Waals surface area contributed by atoms with Crippen LogP contribution in [0.4, 0.5) is 5.82 Å². The average molecular weight is 313 g/mol. The number of hydrogen-bond acceptors (Lipinski definition) is 6. The summed E-state index contributed by atoms with van der Waals surface area (Å²) in [6.07, 6.45) is 2.96. The maximum Gasteiger partial charge on any atom is 0.138 e. The number of fused-ring (bicyclic) bond motifs is 2. The minimum absolute atomic E-state index is 0.595. The summed E-state index contributed by atoms with van der Waals surface area (Å²) in [5, 5.41) is 4.08. The summed E-state index contributed by atoms with van der Waals surface area (Å²) in [5.41, 5.74) is 4.54. The van der Waals surface area contributed by atoms with Crippen LogP contribution in [0.25, 0.3) is 0 Å². The van der Waals surface area contributed by atoms with E-state index in [2.05, 4.69) is 38.8 Å². The summed E-state index contributed by atoms with van der Waals surface area (Å²) in [6.45, 7) is 11.2. The molecule has 0 N–H and O–H groups in total. The van der Waals surface area contributed by atoms with E-state index in [1.165, 1.54) is 17.5 Å². The molecule has 3 saturated heterocycles. The van der Waals surface area contributed by atoms with Gasteiger partial charge in [-0.15, -0.1) is 0 Å². The van der Waals surface area contributed by atoms with Gasteiger partial charge in [-0.25, -0.2) is 9.97 Å². The molecule has 5 rings (SSSR count). The Morgan fingerprint density at radius 3 is 2.48 bits per heavy atom. The summed E-state index contributed by atoms with van der Waals surface area (Å²) >= 11 is 0. The summed E-state index contributed by atoms with van der Waals surface area (Å²) in [6, 6.07) is 1.19. The van der Waals surface area contributed by atoms with E-state index in [1.54, 1.807) is 6.33 Å².